The monoisotopic (exact) mass is 365 g/mol. The minimum absolute atomic E-state index is 0.0523. The Balaban J connectivity index is 1.60. The van der Waals surface area contributed by atoms with Crippen LogP contribution in [0.5, 0.6) is 0 Å². The van der Waals surface area contributed by atoms with E-state index in [9.17, 15) is 13.2 Å². The van der Waals surface area contributed by atoms with Crippen LogP contribution in [-0.4, -0.2) is 44.2 Å². The van der Waals surface area contributed by atoms with E-state index < -0.39 is 10.0 Å². The van der Waals surface area contributed by atoms with Gasteiger partial charge in [-0.2, -0.15) is 0 Å². The first-order chi connectivity index (χ1) is 11.9. The number of hydrogen-bond acceptors (Lipinski definition) is 3. The summed E-state index contributed by atoms with van der Waals surface area (Å²) in [4.78, 5) is 14.4. The predicted octanol–water partition coefficient (Wildman–Crippen LogP) is 2.57. The average Bonchev–Trinajstić information content (AvgIpc) is 3.12. The Morgan fingerprint density at radius 1 is 1.24 bits per heavy atom. The zero-order chi connectivity index (χ0) is 18.0. The first-order valence-electron chi connectivity index (χ1n) is 8.99. The van der Waals surface area contributed by atoms with E-state index in [2.05, 4.69) is 29.1 Å². The van der Waals surface area contributed by atoms with E-state index in [1.807, 2.05) is 12.1 Å². The van der Waals surface area contributed by atoms with Gasteiger partial charge in [0.05, 0.1) is 12.3 Å². The van der Waals surface area contributed by atoms with E-state index in [1.165, 1.54) is 18.2 Å². The highest BCUT2D eigenvalue weighted by Crippen LogP contribution is 2.38. The largest absolute Gasteiger partial charge is 0.322 e. The normalized spacial score (nSPS) is 25.4. The smallest absolute Gasteiger partial charge is 0.320 e. The van der Waals surface area contributed by atoms with Crippen LogP contribution in [0.15, 0.2) is 24.3 Å². The first-order valence-corrected chi connectivity index (χ1v) is 10.9. The second-order valence-corrected chi connectivity index (χ2v) is 9.06. The van der Waals surface area contributed by atoms with E-state index in [1.54, 1.807) is 4.90 Å². The highest BCUT2D eigenvalue weighted by Gasteiger charge is 2.47. The van der Waals surface area contributed by atoms with Crippen LogP contribution in [0, 0.1) is 5.92 Å². The number of unbranched alkanes of at least 4 members (excludes halogenated alkanes) is 1. The van der Waals surface area contributed by atoms with Gasteiger partial charge in [-0.05, 0) is 49.3 Å². The molecule has 2 N–H and O–H groups in total. The van der Waals surface area contributed by atoms with Crippen molar-refractivity contribution in [3.8, 4) is 0 Å². The van der Waals surface area contributed by atoms with Gasteiger partial charge in [-0.3, -0.25) is 0 Å². The van der Waals surface area contributed by atoms with E-state index in [0.29, 0.717) is 12.5 Å². The Bertz CT molecular complexity index is 718. The third-order valence-corrected chi connectivity index (χ3v) is 5.86. The summed E-state index contributed by atoms with van der Waals surface area (Å²) >= 11 is 0. The maximum Gasteiger partial charge on any atom is 0.322 e. The van der Waals surface area contributed by atoms with Gasteiger partial charge in [-0.25, -0.2) is 17.9 Å². The lowest BCUT2D eigenvalue weighted by Crippen LogP contribution is -2.52. The summed E-state index contributed by atoms with van der Waals surface area (Å²) in [7, 11) is -3.26. The quantitative estimate of drug-likeness (QED) is 0.813. The molecule has 3 rings (SSSR count). The molecule has 1 heterocycles. The van der Waals surface area contributed by atoms with Gasteiger partial charge in [0, 0.05) is 18.3 Å². The zero-order valence-electron chi connectivity index (χ0n) is 14.9. The number of benzene rings is 1. The van der Waals surface area contributed by atoms with Crippen molar-refractivity contribution in [1.29, 1.82) is 0 Å². The highest BCUT2D eigenvalue weighted by molar-refractivity contribution is 7.88. The summed E-state index contributed by atoms with van der Waals surface area (Å²) in [6, 6.07) is 7.60. The summed E-state index contributed by atoms with van der Waals surface area (Å²) in [6.45, 7) is 2.87. The summed E-state index contributed by atoms with van der Waals surface area (Å²) < 4.78 is 25.7. The molecule has 0 radical (unpaired) electrons. The number of likely N-dealkylation sites (tertiary alicyclic amines) is 1. The predicted molar refractivity (Wildman–Crippen MR) is 99.1 cm³/mol. The van der Waals surface area contributed by atoms with Crippen LogP contribution in [0.4, 0.5) is 10.5 Å². The SMILES string of the molecule is CCCCc1ccc(NC(=O)N2C[C@@H]3C[C@H](NS(C)(=O)=O)[C@H]2C3)cc1. The standard InChI is InChI=1S/C18H27N3O3S/c1-3-4-5-13-6-8-15(9-7-13)19-18(22)21-12-14-10-16(17(21)11-14)20-25(2,23)24/h6-9,14,16-17,20H,3-5,10-12H2,1-2H3,(H,19,22)/t14-,16+,17-/m1/s1. The molecular weight excluding hydrogens is 338 g/mol. The van der Waals surface area contributed by atoms with Crippen LogP contribution in [0.25, 0.3) is 0 Å². The molecular formula is C18H27N3O3S. The Kier molecular flexibility index (Phi) is 5.34. The topological polar surface area (TPSA) is 78.5 Å². The van der Waals surface area contributed by atoms with Crippen molar-refractivity contribution >= 4 is 21.7 Å². The maximum absolute atomic E-state index is 12.6. The lowest BCUT2D eigenvalue weighted by Gasteiger charge is -2.33. The summed E-state index contributed by atoms with van der Waals surface area (Å²) in [6.07, 6.45) is 6.24. The van der Waals surface area contributed by atoms with Gasteiger partial charge in [-0.15, -0.1) is 0 Å². The Morgan fingerprint density at radius 3 is 2.56 bits per heavy atom. The Labute approximate surface area is 150 Å². The second-order valence-electron chi connectivity index (χ2n) is 7.28. The van der Waals surface area contributed by atoms with Crippen LogP contribution in [0.2, 0.25) is 0 Å². The molecule has 138 valence electrons. The molecule has 0 spiro atoms. The van der Waals surface area contributed by atoms with E-state index in [4.69, 9.17) is 0 Å². The molecule has 6 nitrogen and oxygen atoms in total. The molecule has 2 amide bonds. The molecule has 2 bridgehead atoms. The Hall–Kier alpha value is -1.60. The fourth-order valence-corrected chi connectivity index (χ4v) is 4.79. The number of carbonyl (C=O) groups excluding carboxylic acids is 1. The number of anilines is 1. The lowest BCUT2D eigenvalue weighted by molar-refractivity contribution is 0.183. The van der Waals surface area contributed by atoms with Gasteiger partial charge in [0.15, 0.2) is 0 Å². The number of hydrogen-bond donors (Lipinski definition) is 2. The molecule has 1 aliphatic carbocycles. The third-order valence-electron chi connectivity index (χ3n) is 5.13. The molecule has 1 aromatic rings. The minimum Gasteiger partial charge on any atom is -0.320 e. The summed E-state index contributed by atoms with van der Waals surface area (Å²) in [5.41, 5.74) is 2.05. The molecule has 2 fully saturated rings. The van der Waals surface area contributed by atoms with Crippen molar-refractivity contribution in [3.05, 3.63) is 29.8 Å². The number of rotatable bonds is 6. The van der Waals surface area contributed by atoms with E-state index >= 15 is 0 Å². The number of carbonyl (C=O) groups is 1. The van der Waals surface area contributed by atoms with Gasteiger partial charge < -0.3 is 10.2 Å². The first kappa shape index (κ1) is 18.2. The fourth-order valence-electron chi connectivity index (χ4n) is 3.99. The highest BCUT2D eigenvalue weighted by atomic mass is 32.2. The van der Waals surface area contributed by atoms with Crippen LogP contribution in [-0.2, 0) is 16.4 Å². The minimum atomic E-state index is -3.26. The number of aryl methyl sites for hydroxylation is 1. The molecule has 1 aliphatic heterocycles. The average molecular weight is 365 g/mol. The van der Waals surface area contributed by atoms with Gasteiger partial charge >= 0.3 is 6.03 Å². The van der Waals surface area contributed by atoms with Crippen LogP contribution < -0.4 is 10.0 Å². The van der Waals surface area contributed by atoms with Crippen molar-refractivity contribution in [3.63, 3.8) is 0 Å². The summed E-state index contributed by atoms with van der Waals surface area (Å²) in [5.74, 6) is 0.381. The fraction of sp³-hybridized carbons (Fsp3) is 0.611. The third kappa shape index (κ3) is 4.52. The van der Waals surface area contributed by atoms with Gasteiger partial charge in [0.2, 0.25) is 10.0 Å². The van der Waals surface area contributed by atoms with Gasteiger partial charge in [0.25, 0.3) is 0 Å². The molecule has 25 heavy (non-hydrogen) atoms. The molecule has 1 aromatic carbocycles. The number of fused-ring (bicyclic) bond motifs is 2. The van der Waals surface area contributed by atoms with Crippen molar-refractivity contribution in [2.24, 2.45) is 5.92 Å². The number of sulfonamides is 1. The van der Waals surface area contributed by atoms with Crippen LogP contribution in [0.3, 0.4) is 0 Å². The molecule has 3 atom stereocenters. The number of nitrogens with zero attached hydrogens (tertiary/aromatic N) is 1. The maximum atomic E-state index is 12.6. The van der Waals surface area contributed by atoms with Gasteiger partial charge in [-0.1, -0.05) is 25.5 Å². The van der Waals surface area contributed by atoms with Crippen LogP contribution >= 0.6 is 0 Å². The van der Waals surface area contributed by atoms with Crippen LogP contribution in [0.1, 0.15) is 38.2 Å². The molecule has 0 unspecified atom stereocenters. The number of nitrogens with one attached hydrogen (secondary N) is 2. The number of piperidine rings is 1. The van der Waals surface area contributed by atoms with E-state index in [0.717, 1.165) is 31.4 Å². The Morgan fingerprint density at radius 2 is 1.96 bits per heavy atom. The van der Waals surface area contributed by atoms with Gasteiger partial charge in [0.1, 0.15) is 0 Å². The molecule has 7 heteroatoms. The van der Waals surface area contributed by atoms with E-state index in [-0.39, 0.29) is 18.1 Å². The number of amides is 2. The molecule has 1 saturated carbocycles. The van der Waals surface area contributed by atoms with Crippen molar-refractivity contribution in [2.45, 2.75) is 51.1 Å². The molecule has 2 aliphatic rings. The molecule has 0 aromatic heterocycles. The van der Waals surface area contributed by atoms with Crippen molar-refractivity contribution in [1.82, 2.24) is 9.62 Å². The second kappa shape index (κ2) is 7.33. The van der Waals surface area contributed by atoms with Crippen molar-refractivity contribution < 1.29 is 13.2 Å². The molecule has 1 saturated heterocycles. The zero-order valence-corrected chi connectivity index (χ0v) is 15.7. The summed E-state index contributed by atoms with van der Waals surface area (Å²) in [5, 5.41) is 2.95. The lowest BCUT2D eigenvalue weighted by atomic mass is 10.1. The number of urea groups is 1. The van der Waals surface area contributed by atoms with Crippen molar-refractivity contribution in [2.75, 3.05) is 18.1 Å².